The van der Waals surface area contributed by atoms with Crippen molar-refractivity contribution in [2.75, 3.05) is 0 Å². The first-order chi connectivity index (χ1) is 11.9. The van der Waals surface area contributed by atoms with Gasteiger partial charge in [-0.1, -0.05) is 6.07 Å². The summed E-state index contributed by atoms with van der Waals surface area (Å²) in [4.78, 5) is 11.4. The summed E-state index contributed by atoms with van der Waals surface area (Å²) >= 11 is 1.65. The van der Waals surface area contributed by atoms with E-state index in [-0.39, 0.29) is 10.9 Å². The highest BCUT2D eigenvalue weighted by atomic mass is 32.2. The highest BCUT2D eigenvalue weighted by Crippen LogP contribution is 2.35. The second-order valence-electron chi connectivity index (χ2n) is 5.76. The van der Waals surface area contributed by atoms with Crippen LogP contribution in [0.4, 0.5) is 5.69 Å². The van der Waals surface area contributed by atoms with Gasteiger partial charge in [-0.15, -0.1) is 22.0 Å². The number of nitro groups is 1. The van der Waals surface area contributed by atoms with E-state index in [4.69, 9.17) is 4.42 Å². The van der Waals surface area contributed by atoms with Crippen molar-refractivity contribution in [2.45, 2.75) is 30.9 Å². The molecule has 0 N–H and O–H groups in total. The van der Waals surface area contributed by atoms with Gasteiger partial charge in [0.25, 0.3) is 5.69 Å². The molecule has 0 spiro atoms. The molecule has 1 aromatic heterocycles. The zero-order chi connectivity index (χ0) is 18.0. The minimum Gasteiger partial charge on any atom is -0.419 e. The van der Waals surface area contributed by atoms with Crippen molar-refractivity contribution in [1.82, 2.24) is 10.2 Å². The van der Waals surface area contributed by atoms with Crippen molar-refractivity contribution in [1.29, 1.82) is 0 Å². The van der Waals surface area contributed by atoms with Crippen LogP contribution in [0, 0.1) is 24.0 Å². The normalized spacial score (nSPS) is 12.1. The molecule has 128 valence electrons. The summed E-state index contributed by atoms with van der Waals surface area (Å²) in [7, 11) is 0. The van der Waals surface area contributed by atoms with Crippen molar-refractivity contribution in [3.05, 3.63) is 69.6 Å². The molecule has 0 saturated heterocycles. The highest BCUT2D eigenvalue weighted by molar-refractivity contribution is 7.99. The second-order valence-corrected chi connectivity index (χ2v) is 7.17. The molecule has 0 aliphatic heterocycles. The topological polar surface area (TPSA) is 82.1 Å². The Hall–Kier alpha value is -2.67. The first-order valence-electron chi connectivity index (χ1n) is 7.76. The largest absolute Gasteiger partial charge is 0.419 e. The van der Waals surface area contributed by atoms with Crippen molar-refractivity contribution in [3.63, 3.8) is 0 Å². The summed E-state index contributed by atoms with van der Waals surface area (Å²) in [6.07, 6.45) is 0. The molecule has 0 aliphatic rings. The van der Waals surface area contributed by atoms with Crippen LogP contribution in [0.5, 0.6) is 0 Å². The fourth-order valence-corrected chi connectivity index (χ4v) is 3.28. The number of hydrogen-bond donors (Lipinski definition) is 0. The van der Waals surface area contributed by atoms with Gasteiger partial charge in [-0.2, -0.15) is 0 Å². The van der Waals surface area contributed by atoms with Crippen LogP contribution in [0.3, 0.4) is 0 Å². The van der Waals surface area contributed by atoms with Crippen molar-refractivity contribution < 1.29 is 9.34 Å². The Bertz CT molecular complexity index is 906. The van der Waals surface area contributed by atoms with E-state index < -0.39 is 4.92 Å². The molecule has 7 heteroatoms. The average molecular weight is 355 g/mol. The average Bonchev–Trinajstić information content (AvgIpc) is 3.08. The number of thioether (sulfide) groups is 1. The third-order valence-corrected chi connectivity index (χ3v) is 4.99. The Balaban J connectivity index is 1.75. The third-order valence-electron chi connectivity index (χ3n) is 3.90. The first-order valence-corrected chi connectivity index (χ1v) is 8.64. The van der Waals surface area contributed by atoms with Crippen LogP contribution >= 0.6 is 11.8 Å². The number of aryl methyl sites for hydroxylation is 2. The van der Waals surface area contributed by atoms with E-state index in [2.05, 4.69) is 42.2 Å². The molecule has 0 radical (unpaired) electrons. The molecule has 1 atom stereocenters. The van der Waals surface area contributed by atoms with Crippen molar-refractivity contribution in [2.24, 2.45) is 0 Å². The van der Waals surface area contributed by atoms with Gasteiger partial charge in [0, 0.05) is 22.6 Å². The molecule has 0 aliphatic carbocycles. The van der Waals surface area contributed by atoms with Gasteiger partial charge in [0.2, 0.25) is 11.8 Å². The summed E-state index contributed by atoms with van der Waals surface area (Å²) < 4.78 is 5.75. The summed E-state index contributed by atoms with van der Waals surface area (Å²) in [6.45, 7) is 6.18. The van der Waals surface area contributed by atoms with Crippen LogP contribution in [-0.2, 0) is 0 Å². The number of nitro benzene ring substituents is 1. The van der Waals surface area contributed by atoms with Crippen LogP contribution in [0.25, 0.3) is 11.5 Å². The molecule has 2 aromatic carbocycles. The number of nitrogens with zero attached hydrogens (tertiary/aromatic N) is 3. The fraction of sp³-hybridized carbons (Fsp3) is 0.222. The highest BCUT2D eigenvalue weighted by Gasteiger charge is 2.17. The maximum absolute atomic E-state index is 10.7. The van der Waals surface area contributed by atoms with Gasteiger partial charge in [-0.05, 0) is 56.2 Å². The maximum Gasteiger partial charge on any atom is 0.269 e. The molecule has 0 bridgehead atoms. The van der Waals surface area contributed by atoms with Gasteiger partial charge >= 0.3 is 0 Å². The van der Waals surface area contributed by atoms with Gasteiger partial charge in [0.05, 0.1) is 10.2 Å². The lowest BCUT2D eigenvalue weighted by molar-refractivity contribution is -0.384. The molecule has 6 nitrogen and oxygen atoms in total. The van der Waals surface area contributed by atoms with Crippen LogP contribution in [0.2, 0.25) is 0 Å². The number of rotatable bonds is 5. The molecule has 1 unspecified atom stereocenters. The van der Waals surface area contributed by atoms with E-state index in [1.54, 1.807) is 23.9 Å². The van der Waals surface area contributed by atoms with Gasteiger partial charge in [-0.25, -0.2) is 0 Å². The monoisotopic (exact) mass is 355 g/mol. The SMILES string of the molecule is Cc1ccc(SC(C)c2nnc(-c3ccc([N+](=O)[O-])cc3)o2)cc1C. The van der Waals surface area contributed by atoms with Gasteiger partial charge < -0.3 is 4.42 Å². The van der Waals surface area contributed by atoms with E-state index in [1.165, 1.54) is 23.3 Å². The Kier molecular flexibility index (Phi) is 4.85. The quantitative estimate of drug-likeness (QED) is 0.359. The summed E-state index contributed by atoms with van der Waals surface area (Å²) in [5, 5.41) is 18.9. The van der Waals surface area contributed by atoms with Crippen molar-refractivity contribution >= 4 is 17.4 Å². The number of hydrogen-bond acceptors (Lipinski definition) is 6. The zero-order valence-corrected chi connectivity index (χ0v) is 14.9. The molecule has 0 fully saturated rings. The van der Waals surface area contributed by atoms with Crippen molar-refractivity contribution in [3.8, 4) is 11.5 Å². The maximum atomic E-state index is 10.7. The zero-order valence-electron chi connectivity index (χ0n) is 14.1. The lowest BCUT2D eigenvalue weighted by Gasteiger charge is -2.08. The lowest BCUT2D eigenvalue weighted by atomic mass is 10.1. The number of non-ortho nitro benzene ring substituents is 1. The molecule has 0 amide bonds. The molecule has 1 heterocycles. The fourth-order valence-electron chi connectivity index (χ4n) is 2.28. The minimum absolute atomic E-state index is 0.00130. The summed E-state index contributed by atoms with van der Waals surface area (Å²) in [5.41, 5.74) is 3.19. The predicted molar refractivity (Wildman–Crippen MR) is 96.6 cm³/mol. The molecular weight excluding hydrogens is 338 g/mol. The van der Waals surface area contributed by atoms with E-state index in [9.17, 15) is 10.1 Å². The second kappa shape index (κ2) is 7.06. The Morgan fingerprint density at radius 2 is 1.80 bits per heavy atom. The summed E-state index contributed by atoms with van der Waals surface area (Å²) in [5.74, 6) is 0.883. The van der Waals surface area contributed by atoms with E-state index in [0.29, 0.717) is 17.3 Å². The van der Waals surface area contributed by atoms with E-state index in [1.807, 2.05) is 6.92 Å². The smallest absolute Gasteiger partial charge is 0.269 e. The molecule has 25 heavy (non-hydrogen) atoms. The predicted octanol–water partition coefficient (Wildman–Crippen LogP) is 5.11. The lowest BCUT2D eigenvalue weighted by Crippen LogP contribution is -1.89. The molecule has 3 rings (SSSR count). The van der Waals surface area contributed by atoms with Gasteiger partial charge in [-0.3, -0.25) is 10.1 Å². The third kappa shape index (κ3) is 3.88. The van der Waals surface area contributed by atoms with Crippen LogP contribution in [0.1, 0.15) is 29.2 Å². The molecule has 3 aromatic rings. The summed E-state index contributed by atoms with van der Waals surface area (Å²) in [6, 6.07) is 12.4. The number of aromatic nitrogens is 2. The Labute approximate surface area is 149 Å². The minimum atomic E-state index is -0.439. The van der Waals surface area contributed by atoms with E-state index in [0.717, 1.165) is 4.90 Å². The Morgan fingerprint density at radius 1 is 1.08 bits per heavy atom. The first kappa shape index (κ1) is 17.2. The molecule has 0 saturated carbocycles. The Morgan fingerprint density at radius 3 is 2.44 bits per heavy atom. The van der Waals surface area contributed by atoms with Gasteiger partial charge in [0.1, 0.15) is 0 Å². The van der Waals surface area contributed by atoms with Gasteiger partial charge in [0.15, 0.2) is 0 Å². The molecular formula is C18H17N3O3S. The van der Waals surface area contributed by atoms with E-state index >= 15 is 0 Å². The van der Waals surface area contributed by atoms with Crippen LogP contribution in [-0.4, -0.2) is 15.1 Å². The van der Waals surface area contributed by atoms with Crippen LogP contribution < -0.4 is 0 Å². The van der Waals surface area contributed by atoms with Crippen LogP contribution in [0.15, 0.2) is 51.8 Å². The number of benzene rings is 2. The standard InChI is InChI=1S/C18H17N3O3S/c1-11-4-9-16(10-12(11)2)25-13(3)17-19-20-18(24-17)14-5-7-15(8-6-14)21(22)23/h4-10,13H,1-3H3.